The average molecular weight is 644 g/mol. The number of para-hydroxylation sites is 1. The first-order valence-electron chi connectivity index (χ1n) is 16.6. The maximum Gasteiger partial charge on any atom is 0.137 e. The van der Waals surface area contributed by atoms with Gasteiger partial charge in [-0.3, -0.25) is 0 Å². The summed E-state index contributed by atoms with van der Waals surface area (Å²) in [5.41, 5.74) is 9.93. The van der Waals surface area contributed by atoms with Crippen LogP contribution in [0.1, 0.15) is 0 Å². The minimum Gasteiger partial charge on any atom is -0.456 e. The molecule has 0 N–H and O–H groups in total. The standard InChI is InChI=1S/C46H29NOS/c1-2-12-30(13-3-1)35-15-6-7-16-36(35)31-22-24-33(25-23-31)47(34-26-27-39-38-18-8-10-20-41(38)48-42(39)29-34)46-37-17-5-4-14-32(37)28-44-45(46)40-19-9-11-21-43(40)49-44/h1-29H. The maximum atomic E-state index is 6.45. The molecule has 0 saturated carbocycles. The molecule has 0 atom stereocenters. The molecule has 49 heavy (non-hydrogen) atoms. The van der Waals surface area contributed by atoms with Gasteiger partial charge in [0.15, 0.2) is 0 Å². The van der Waals surface area contributed by atoms with Crippen LogP contribution in [0.15, 0.2) is 180 Å². The minimum absolute atomic E-state index is 0.878. The van der Waals surface area contributed by atoms with Gasteiger partial charge in [-0.05, 0) is 70.1 Å². The van der Waals surface area contributed by atoms with Crippen LogP contribution < -0.4 is 4.90 Å². The molecule has 0 aliphatic rings. The lowest BCUT2D eigenvalue weighted by atomic mass is 9.94. The van der Waals surface area contributed by atoms with Crippen LogP contribution in [-0.4, -0.2) is 0 Å². The number of rotatable bonds is 5. The van der Waals surface area contributed by atoms with Crippen molar-refractivity contribution in [3.05, 3.63) is 176 Å². The van der Waals surface area contributed by atoms with E-state index >= 15 is 0 Å². The second-order valence-electron chi connectivity index (χ2n) is 12.5. The Morgan fingerprint density at radius 2 is 1.02 bits per heavy atom. The van der Waals surface area contributed by atoms with Crippen molar-refractivity contribution in [1.82, 2.24) is 0 Å². The molecule has 2 aromatic heterocycles. The van der Waals surface area contributed by atoms with Crippen molar-refractivity contribution in [2.75, 3.05) is 4.90 Å². The third-order valence-corrected chi connectivity index (χ3v) is 10.8. The molecule has 0 amide bonds. The highest BCUT2D eigenvalue weighted by Crippen LogP contribution is 2.49. The van der Waals surface area contributed by atoms with Gasteiger partial charge in [-0.25, -0.2) is 0 Å². The van der Waals surface area contributed by atoms with Gasteiger partial charge in [0.1, 0.15) is 11.2 Å². The number of thiophene rings is 1. The Balaban J connectivity index is 1.23. The fourth-order valence-electron chi connectivity index (χ4n) is 7.41. The number of furan rings is 1. The smallest absolute Gasteiger partial charge is 0.137 e. The summed E-state index contributed by atoms with van der Waals surface area (Å²) in [6.45, 7) is 0. The topological polar surface area (TPSA) is 16.4 Å². The van der Waals surface area contributed by atoms with Gasteiger partial charge in [-0.1, -0.05) is 127 Å². The zero-order chi connectivity index (χ0) is 32.3. The zero-order valence-electron chi connectivity index (χ0n) is 26.5. The molecule has 0 unspecified atom stereocenters. The highest BCUT2D eigenvalue weighted by molar-refractivity contribution is 7.26. The first kappa shape index (κ1) is 27.9. The van der Waals surface area contributed by atoms with E-state index < -0.39 is 0 Å². The van der Waals surface area contributed by atoms with Crippen molar-refractivity contribution in [3.63, 3.8) is 0 Å². The third kappa shape index (κ3) is 4.55. The van der Waals surface area contributed by atoms with E-state index in [0.29, 0.717) is 0 Å². The molecule has 0 radical (unpaired) electrons. The number of nitrogens with zero attached hydrogens (tertiary/aromatic N) is 1. The van der Waals surface area contributed by atoms with Crippen molar-refractivity contribution in [2.24, 2.45) is 0 Å². The van der Waals surface area contributed by atoms with Crippen LogP contribution in [0.3, 0.4) is 0 Å². The van der Waals surface area contributed by atoms with Gasteiger partial charge in [0.25, 0.3) is 0 Å². The highest BCUT2D eigenvalue weighted by atomic mass is 32.1. The summed E-state index contributed by atoms with van der Waals surface area (Å²) in [5.74, 6) is 0. The first-order valence-corrected chi connectivity index (χ1v) is 17.4. The van der Waals surface area contributed by atoms with Crippen LogP contribution in [0.2, 0.25) is 0 Å². The van der Waals surface area contributed by atoms with Crippen molar-refractivity contribution >= 4 is 81.3 Å². The lowest BCUT2D eigenvalue weighted by Gasteiger charge is -2.28. The van der Waals surface area contributed by atoms with E-state index in [4.69, 9.17) is 4.42 Å². The molecule has 0 aliphatic carbocycles. The Morgan fingerprint density at radius 3 is 1.84 bits per heavy atom. The van der Waals surface area contributed by atoms with Crippen molar-refractivity contribution in [3.8, 4) is 22.3 Å². The summed E-state index contributed by atoms with van der Waals surface area (Å²) < 4.78 is 9.02. The summed E-state index contributed by atoms with van der Waals surface area (Å²) in [5, 5.41) is 7.22. The number of hydrogen-bond donors (Lipinski definition) is 0. The van der Waals surface area contributed by atoms with E-state index in [1.54, 1.807) is 0 Å². The Bertz CT molecular complexity index is 2830. The average Bonchev–Trinajstić information content (AvgIpc) is 3.73. The second kappa shape index (κ2) is 11.2. The van der Waals surface area contributed by atoms with E-state index in [1.165, 1.54) is 58.9 Å². The molecular formula is C46H29NOS. The van der Waals surface area contributed by atoms with Gasteiger partial charge in [-0.15, -0.1) is 11.3 Å². The van der Waals surface area contributed by atoms with E-state index in [0.717, 1.165) is 33.3 Å². The number of hydrogen-bond acceptors (Lipinski definition) is 3. The molecule has 0 aliphatic heterocycles. The van der Waals surface area contributed by atoms with Crippen LogP contribution >= 0.6 is 11.3 Å². The Hall–Kier alpha value is -6.16. The predicted molar refractivity (Wildman–Crippen MR) is 210 cm³/mol. The molecule has 10 rings (SSSR count). The van der Waals surface area contributed by atoms with Gasteiger partial charge in [0.2, 0.25) is 0 Å². The van der Waals surface area contributed by atoms with Crippen molar-refractivity contribution in [1.29, 1.82) is 0 Å². The zero-order valence-corrected chi connectivity index (χ0v) is 27.3. The van der Waals surface area contributed by atoms with Gasteiger partial charge >= 0.3 is 0 Å². The second-order valence-corrected chi connectivity index (χ2v) is 13.6. The SMILES string of the molecule is c1ccc(-c2ccccc2-c2ccc(N(c3ccc4c(c3)oc3ccccc34)c3c4ccccc4cc4sc5ccccc5c34)cc2)cc1. The Labute approximate surface area is 287 Å². The van der Waals surface area contributed by atoms with Crippen LogP contribution in [-0.2, 0) is 0 Å². The maximum absolute atomic E-state index is 6.45. The van der Waals surface area contributed by atoms with Crippen molar-refractivity contribution < 1.29 is 4.42 Å². The number of anilines is 3. The molecule has 0 bridgehead atoms. The molecule has 0 fully saturated rings. The van der Waals surface area contributed by atoms with Gasteiger partial charge in [-0.2, -0.15) is 0 Å². The van der Waals surface area contributed by atoms with E-state index in [-0.39, 0.29) is 0 Å². The van der Waals surface area contributed by atoms with Crippen LogP contribution in [0.5, 0.6) is 0 Å². The molecule has 230 valence electrons. The lowest BCUT2D eigenvalue weighted by Crippen LogP contribution is -2.11. The third-order valence-electron chi connectivity index (χ3n) is 9.65. The Morgan fingerprint density at radius 1 is 0.408 bits per heavy atom. The normalized spacial score (nSPS) is 11.7. The molecule has 3 heteroatoms. The summed E-state index contributed by atoms with van der Waals surface area (Å²) in [6.07, 6.45) is 0. The van der Waals surface area contributed by atoms with E-state index in [9.17, 15) is 0 Å². The van der Waals surface area contributed by atoms with Crippen molar-refractivity contribution in [2.45, 2.75) is 0 Å². The van der Waals surface area contributed by atoms with Gasteiger partial charge in [0, 0.05) is 53.8 Å². The molecular weight excluding hydrogens is 615 g/mol. The van der Waals surface area contributed by atoms with Gasteiger partial charge < -0.3 is 9.32 Å². The fraction of sp³-hybridized carbons (Fsp3) is 0. The largest absolute Gasteiger partial charge is 0.456 e. The minimum atomic E-state index is 0.878. The van der Waals surface area contributed by atoms with Gasteiger partial charge in [0.05, 0.1) is 5.69 Å². The summed E-state index contributed by atoms with van der Waals surface area (Å²) in [6, 6.07) is 63.2. The number of benzene rings is 8. The molecule has 2 heterocycles. The lowest BCUT2D eigenvalue weighted by molar-refractivity contribution is 0.669. The van der Waals surface area contributed by atoms with Crippen LogP contribution in [0.4, 0.5) is 17.1 Å². The molecule has 10 aromatic rings. The molecule has 0 spiro atoms. The fourth-order valence-corrected chi connectivity index (χ4v) is 8.57. The first-order chi connectivity index (χ1) is 24.3. The number of fused-ring (bicyclic) bond motifs is 7. The van der Waals surface area contributed by atoms with Crippen LogP contribution in [0, 0.1) is 0 Å². The molecule has 8 aromatic carbocycles. The highest BCUT2D eigenvalue weighted by Gasteiger charge is 2.23. The summed E-state index contributed by atoms with van der Waals surface area (Å²) in [7, 11) is 0. The van der Waals surface area contributed by atoms with E-state index in [1.807, 2.05) is 23.5 Å². The predicted octanol–water partition coefficient (Wildman–Crippen LogP) is 13.9. The molecule has 0 saturated heterocycles. The van der Waals surface area contributed by atoms with Crippen LogP contribution in [0.25, 0.3) is 75.1 Å². The summed E-state index contributed by atoms with van der Waals surface area (Å²) >= 11 is 1.86. The summed E-state index contributed by atoms with van der Waals surface area (Å²) in [4.78, 5) is 2.43. The molecule has 2 nitrogen and oxygen atoms in total. The quantitative estimate of drug-likeness (QED) is 0.186. The monoisotopic (exact) mass is 643 g/mol. The van der Waals surface area contributed by atoms with E-state index in [2.05, 4.69) is 169 Å². The Kier molecular flexibility index (Phi) is 6.39.